The first-order chi connectivity index (χ1) is 7.93. The maximum absolute atomic E-state index is 11.8. The topological polar surface area (TPSA) is 40.5 Å². The van der Waals surface area contributed by atoms with E-state index in [4.69, 9.17) is 0 Å². The van der Waals surface area contributed by atoms with Crippen molar-refractivity contribution in [2.75, 3.05) is 13.1 Å². The lowest BCUT2D eigenvalue weighted by atomic mass is 10.1. The molecule has 0 unspecified atom stereocenters. The Bertz CT molecular complexity index is 308. The molecule has 0 saturated heterocycles. The highest BCUT2D eigenvalue weighted by molar-refractivity contribution is 5.91. The molecular formula is C14H25NO2. The van der Waals surface area contributed by atoms with Gasteiger partial charge in [0, 0.05) is 13.1 Å². The largest absolute Gasteiger partial charge is 0.503 e. The molecule has 3 nitrogen and oxygen atoms in total. The van der Waals surface area contributed by atoms with E-state index in [1.54, 1.807) is 4.90 Å². The summed E-state index contributed by atoms with van der Waals surface area (Å²) in [5.74, 6) is -0.347. The lowest BCUT2D eigenvalue weighted by molar-refractivity contribution is -0.129. The molecule has 0 aliphatic heterocycles. The van der Waals surface area contributed by atoms with Crippen LogP contribution in [0.2, 0.25) is 0 Å². The predicted molar refractivity (Wildman–Crippen MR) is 71.9 cm³/mol. The van der Waals surface area contributed by atoms with Gasteiger partial charge >= 0.3 is 0 Å². The molecule has 0 aliphatic rings. The van der Waals surface area contributed by atoms with E-state index in [2.05, 4.69) is 6.08 Å². The van der Waals surface area contributed by atoms with Crippen LogP contribution in [0.15, 0.2) is 23.0 Å². The molecule has 3 heteroatoms. The maximum Gasteiger partial charge on any atom is 0.288 e. The summed E-state index contributed by atoms with van der Waals surface area (Å²) in [7, 11) is 0. The number of allylic oxidation sites excluding steroid dienone is 3. The summed E-state index contributed by atoms with van der Waals surface area (Å²) in [4.78, 5) is 13.5. The van der Waals surface area contributed by atoms with Crippen molar-refractivity contribution in [1.82, 2.24) is 4.90 Å². The van der Waals surface area contributed by atoms with Crippen LogP contribution in [0.4, 0.5) is 0 Å². The summed E-state index contributed by atoms with van der Waals surface area (Å²) in [6.45, 7) is 11.0. The summed E-state index contributed by atoms with van der Waals surface area (Å²) in [5, 5.41) is 9.85. The number of nitrogens with zero attached hydrogens (tertiary/aromatic N) is 1. The Morgan fingerprint density at radius 1 is 1.18 bits per heavy atom. The SMILES string of the molecule is CCN(CC)C(=O)/C(O)=C(/C)CCC=C(C)C. The van der Waals surface area contributed by atoms with Gasteiger partial charge in [-0.25, -0.2) is 0 Å². The van der Waals surface area contributed by atoms with Crippen LogP contribution in [-0.2, 0) is 4.79 Å². The van der Waals surface area contributed by atoms with Crippen LogP contribution in [-0.4, -0.2) is 29.0 Å². The Morgan fingerprint density at radius 3 is 2.12 bits per heavy atom. The van der Waals surface area contributed by atoms with Crippen molar-refractivity contribution in [3.63, 3.8) is 0 Å². The van der Waals surface area contributed by atoms with Crippen LogP contribution < -0.4 is 0 Å². The van der Waals surface area contributed by atoms with Gasteiger partial charge in [-0.1, -0.05) is 11.6 Å². The van der Waals surface area contributed by atoms with E-state index < -0.39 is 0 Å². The van der Waals surface area contributed by atoms with Crippen molar-refractivity contribution in [1.29, 1.82) is 0 Å². The molecule has 0 rings (SSSR count). The standard InChI is InChI=1S/C14H25NO2/c1-6-15(7-2)14(17)13(16)12(5)10-8-9-11(3)4/h9,16H,6-8,10H2,1-5H3/b13-12+. The second-order valence-corrected chi connectivity index (χ2v) is 4.43. The highest BCUT2D eigenvalue weighted by atomic mass is 16.3. The van der Waals surface area contributed by atoms with Gasteiger partial charge in [0.25, 0.3) is 5.91 Å². The number of hydrogen-bond acceptors (Lipinski definition) is 2. The molecule has 0 heterocycles. The molecule has 0 fully saturated rings. The molecule has 1 amide bonds. The third-order valence-corrected chi connectivity index (χ3v) is 2.73. The molecule has 0 aromatic rings. The maximum atomic E-state index is 11.8. The van der Waals surface area contributed by atoms with Crippen molar-refractivity contribution in [2.24, 2.45) is 0 Å². The summed E-state index contributed by atoms with van der Waals surface area (Å²) < 4.78 is 0. The fourth-order valence-corrected chi connectivity index (χ4v) is 1.54. The van der Waals surface area contributed by atoms with E-state index in [1.807, 2.05) is 34.6 Å². The molecule has 0 radical (unpaired) electrons. The van der Waals surface area contributed by atoms with E-state index >= 15 is 0 Å². The molecule has 0 bridgehead atoms. The van der Waals surface area contributed by atoms with Crippen LogP contribution in [0.1, 0.15) is 47.5 Å². The van der Waals surface area contributed by atoms with Gasteiger partial charge in [0.2, 0.25) is 0 Å². The number of amides is 1. The van der Waals surface area contributed by atoms with Crippen LogP contribution >= 0.6 is 0 Å². The average Bonchev–Trinajstić information content (AvgIpc) is 2.28. The zero-order chi connectivity index (χ0) is 13.4. The number of likely N-dealkylation sites (N-methyl/N-ethyl adjacent to an activating group) is 1. The lowest BCUT2D eigenvalue weighted by Crippen LogP contribution is -2.32. The number of hydrogen-bond donors (Lipinski definition) is 1. The number of carbonyl (C=O) groups is 1. The Morgan fingerprint density at radius 2 is 1.71 bits per heavy atom. The molecular weight excluding hydrogens is 214 g/mol. The zero-order valence-corrected chi connectivity index (χ0v) is 11.7. The fraction of sp³-hybridized carbons (Fsp3) is 0.643. The monoisotopic (exact) mass is 239 g/mol. The Kier molecular flexibility index (Phi) is 7.35. The molecule has 17 heavy (non-hydrogen) atoms. The summed E-state index contributed by atoms with van der Waals surface area (Å²) in [6, 6.07) is 0. The summed E-state index contributed by atoms with van der Waals surface area (Å²) in [5.41, 5.74) is 2.02. The van der Waals surface area contributed by atoms with Crippen molar-refractivity contribution in [2.45, 2.75) is 47.5 Å². The molecule has 0 saturated carbocycles. The van der Waals surface area contributed by atoms with Gasteiger partial charge in [-0.05, 0) is 53.0 Å². The minimum absolute atomic E-state index is 0.0872. The second kappa shape index (κ2) is 7.93. The first-order valence-electron chi connectivity index (χ1n) is 6.25. The Hall–Kier alpha value is -1.25. The minimum Gasteiger partial charge on any atom is -0.503 e. The molecule has 98 valence electrons. The van der Waals surface area contributed by atoms with Crippen LogP contribution in [0.3, 0.4) is 0 Å². The minimum atomic E-state index is -0.260. The third kappa shape index (κ3) is 5.57. The molecule has 0 aromatic carbocycles. The van der Waals surface area contributed by atoms with Gasteiger partial charge in [-0.3, -0.25) is 4.79 Å². The van der Waals surface area contributed by atoms with Crippen molar-refractivity contribution in [3.05, 3.63) is 23.0 Å². The van der Waals surface area contributed by atoms with Gasteiger partial charge in [0.05, 0.1) is 0 Å². The zero-order valence-electron chi connectivity index (χ0n) is 11.7. The highest BCUT2D eigenvalue weighted by Gasteiger charge is 2.16. The first-order valence-corrected chi connectivity index (χ1v) is 6.25. The van der Waals surface area contributed by atoms with Gasteiger partial charge in [-0.15, -0.1) is 0 Å². The molecule has 0 aromatic heterocycles. The third-order valence-electron chi connectivity index (χ3n) is 2.73. The second-order valence-electron chi connectivity index (χ2n) is 4.43. The van der Waals surface area contributed by atoms with Crippen molar-refractivity contribution < 1.29 is 9.90 Å². The van der Waals surface area contributed by atoms with Gasteiger partial charge in [-0.2, -0.15) is 0 Å². The van der Waals surface area contributed by atoms with Crippen molar-refractivity contribution >= 4 is 5.91 Å². The molecule has 0 atom stereocenters. The summed E-state index contributed by atoms with van der Waals surface area (Å²) in [6.07, 6.45) is 3.70. The Balaban J connectivity index is 4.57. The lowest BCUT2D eigenvalue weighted by Gasteiger charge is -2.18. The first kappa shape index (κ1) is 15.8. The van der Waals surface area contributed by atoms with Crippen molar-refractivity contribution in [3.8, 4) is 0 Å². The van der Waals surface area contributed by atoms with Gasteiger partial charge < -0.3 is 10.0 Å². The Labute approximate surface area is 105 Å². The number of rotatable bonds is 6. The van der Waals surface area contributed by atoms with E-state index in [0.29, 0.717) is 13.1 Å². The smallest absolute Gasteiger partial charge is 0.288 e. The summed E-state index contributed by atoms with van der Waals surface area (Å²) >= 11 is 0. The molecule has 0 aliphatic carbocycles. The van der Waals surface area contributed by atoms with E-state index in [9.17, 15) is 9.90 Å². The van der Waals surface area contributed by atoms with Crippen LogP contribution in [0.5, 0.6) is 0 Å². The van der Waals surface area contributed by atoms with Gasteiger partial charge in [0.1, 0.15) is 0 Å². The van der Waals surface area contributed by atoms with E-state index in [0.717, 1.165) is 18.4 Å². The number of carbonyl (C=O) groups excluding carboxylic acids is 1. The number of aliphatic hydroxyl groups excluding tert-OH is 1. The van der Waals surface area contributed by atoms with E-state index in [1.165, 1.54) is 5.57 Å². The average molecular weight is 239 g/mol. The normalized spacial score (nSPS) is 11.8. The quantitative estimate of drug-likeness (QED) is 0.438. The highest BCUT2D eigenvalue weighted by Crippen LogP contribution is 2.12. The fourth-order valence-electron chi connectivity index (χ4n) is 1.54. The molecule has 1 N–H and O–H groups in total. The van der Waals surface area contributed by atoms with E-state index in [-0.39, 0.29) is 11.7 Å². The molecule has 0 spiro atoms. The van der Waals surface area contributed by atoms with Gasteiger partial charge in [0.15, 0.2) is 5.76 Å². The van der Waals surface area contributed by atoms with Crippen LogP contribution in [0, 0.1) is 0 Å². The number of aliphatic hydroxyl groups is 1. The van der Waals surface area contributed by atoms with Crippen LogP contribution in [0.25, 0.3) is 0 Å². The predicted octanol–water partition coefficient (Wildman–Crippen LogP) is 3.43.